The molecule has 1 aliphatic heterocycles. The fourth-order valence-electron chi connectivity index (χ4n) is 2.70. The number of likely N-dealkylation sites (N-methyl/N-ethyl adjacent to an activating group) is 2. The Kier molecular flexibility index (Phi) is 5.25. The maximum absolute atomic E-state index is 11.2. The third-order valence-corrected chi connectivity index (χ3v) is 4.03. The molecule has 0 radical (unpaired) electrons. The van der Waals surface area contributed by atoms with Crippen LogP contribution in [0, 0.1) is 0 Å². The summed E-state index contributed by atoms with van der Waals surface area (Å²) >= 11 is 0. The van der Waals surface area contributed by atoms with Crippen molar-refractivity contribution in [3.05, 3.63) is 23.3 Å². The zero-order valence-corrected chi connectivity index (χ0v) is 13.0. The Bertz CT molecular complexity index is 506. The average Bonchev–Trinajstić information content (AvgIpc) is 2.43. The van der Waals surface area contributed by atoms with Gasteiger partial charge in [0.2, 0.25) is 0 Å². The molecule has 0 amide bonds. The highest BCUT2D eigenvalue weighted by molar-refractivity contribution is 5.88. The van der Waals surface area contributed by atoms with E-state index in [9.17, 15) is 9.90 Å². The number of nitrogens with zero attached hydrogens (tertiary/aromatic N) is 4. The topological polar surface area (TPSA) is 69.6 Å². The van der Waals surface area contributed by atoms with Crippen LogP contribution >= 0.6 is 0 Å². The molecule has 1 atom stereocenters. The van der Waals surface area contributed by atoms with Gasteiger partial charge in [-0.2, -0.15) is 0 Å². The van der Waals surface area contributed by atoms with Crippen molar-refractivity contribution in [1.29, 1.82) is 0 Å². The van der Waals surface area contributed by atoms with Gasteiger partial charge >= 0.3 is 5.97 Å². The van der Waals surface area contributed by atoms with Gasteiger partial charge in [0.1, 0.15) is 5.82 Å². The van der Waals surface area contributed by atoms with Crippen molar-refractivity contribution in [2.24, 2.45) is 0 Å². The van der Waals surface area contributed by atoms with Crippen LogP contribution in [0.3, 0.4) is 0 Å². The summed E-state index contributed by atoms with van der Waals surface area (Å²) in [6.45, 7) is 5.13. The quantitative estimate of drug-likeness (QED) is 0.870. The highest BCUT2D eigenvalue weighted by atomic mass is 16.4. The van der Waals surface area contributed by atoms with Crippen molar-refractivity contribution in [3.8, 4) is 0 Å². The van der Waals surface area contributed by atoms with Gasteiger partial charge in [-0.3, -0.25) is 0 Å². The number of aromatic carboxylic acids is 1. The maximum Gasteiger partial charge on any atom is 0.339 e. The van der Waals surface area contributed by atoms with Crippen LogP contribution < -0.4 is 0 Å². The molecule has 21 heavy (non-hydrogen) atoms. The lowest BCUT2D eigenvalue weighted by Crippen LogP contribution is -2.51. The molecule has 6 nitrogen and oxygen atoms in total. The van der Waals surface area contributed by atoms with Gasteiger partial charge in [-0.05, 0) is 20.5 Å². The van der Waals surface area contributed by atoms with E-state index in [-0.39, 0.29) is 5.56 Å². The van der Waals surface area contributed by atoms with Gasteiger partial charge in [0.15, 0.2) is 0 Å². The minimum Gasteiger partial charge on any atom is -0.478 e. The number of aromatic nitrogens is 2. The monoisotopic (exact) mass is 292 g/mol. The predicted octanol–water partition coefficient (Wildman–Crippen LogP) is 0.916. The smallest absolute Gasteiger partial charge is 0.339 e. The molecular formula is C15H24N4O2. The van der Waals surface area contributed by atoms with Gasteiger partial charge in [-0.1, -0.05) is 13.3 Å². The SMILES string of the molecule is CCCc1nc(CC2CN(C)CCN2C)ncc1C(=O)O. The van der Waals surface area contributed by atoms with Crippen molar-refractivity contribution >= 4 is 5.97 Å². The Balaban J connectivity index is 2.16. The minimum absolute atomic E-state index is 0.231. The Labute approximate surface area is 125 Å². The summed E-state index contributed by atoms with van der Waals surface area (Å²) in [7, 11) is 4.24. The fourth-order valence-corrected chi connectivity index (χ4v) is 2.70. The molecule has 6 heteroatoms. The molecule has 0 aromatic carbocycles. The Morgan fingerprint density at radius 2 is 2.19 bits per heavy atom. The lowest BCUT2D eigenvalue weighted by Gasteiger charge is -2.37. The van der Waals surface area contributed by atoms with Crippen molar-refractivity contribution in [3.63, 3.8) is 0 Å². The number of hydrogen-bond acceptors (Lipinski definition) is 5. The molecule has 1 aromatic heterocycles. The van der Waals surface area contributed by atoms with E-state index in [1.807, 2.05) is 6.92 Å². The molecule has 1 N–H and O–H groups in total. The van der Waals surface area contributed by atoms with Gasteiger partial charge in [0.05, 0.1) is 11.3 Å². The number of carboxylic acids is 1. The summed E-state index contributed by atoms with van der Waals surface area (Å²) in [5.74, 6) is -0.199. The first-order valence-corrected chi connectivity index (χ1v) is 7.48. The molecule has 0 bridgehead atoms. The van der Waals surface area contributed by atoms with Gasteiger partial charge in [0, 0.05) is 38.3 Å². The molecule has 1 aliphatic rings. The van der Waals surface area contributed by atoms with Crippen LogP contribution in [0.5, 0.6) is 0 Å². The normalized spacial score (nSPS) is 20.6. The molecule has 1 saturated heterocycles. The number of piperazine rings is 1. The van der Waals surface area contributed by atoms with E-state index in [4.69, 9.17) is 0 Å². The Morgan fingerprint density at radius 1 is 1.43 bits per heavy atom. The first-order valence-electron chi connectivity index (χ1n) is 7.48. The first-order chi connectivity index (χ1) is 10.0. The fraction of sp³-hybridized carbons (Fsp3) is 0.667. The van der Waals surface area contributed by atoms with E-state index in [0.29, 0.717) is 18.2 Å². The van der Waals surface area contributed by atoms with Crippen LogP contribution in [-0.2, 0) is 12.8 Å². The summed E-state index contributed by atoms with van der Waals surface area (Å²) in [4.78, 5) is 24.6. The largest absolute Gasteiger partial charge is 0.478 e. The van der Waals surface area contributed by atoms with Crippen LogP contribution in [0.4, 0.5) is 0 Å². The molecular weight excluding hydrogens is 268 g/mol. The zero-order valence-electron chi connectivity index (χ0n) is 13.0. The average molecular weight is 292 g/mol. The summed E-state index contributed by atoms with van der Waals surface area (Å²) in [5, 5.41) is 9.19. The second kappa shape index (κ2) is 6.95. The Hall–Kier alpha value is -1.53. The lowest BCUT2D eigenvalue weighted by atomic mass is 10.1. The third-order valence-electron chi connectivity index (χ3n) is 4.03. The number of aryl methyl sites for hydroxylation is 1. The summed E-state index contributed by atoms with van der Waals surface area (Å²) in [5.41, 5.74) is 0.886. The number of carboxylic acid groups (broad SMARTS) is 1. The lowest BCUT2D eigenvalue weighted by molar-refractivity contribution is 0.0694. The van der Waals surface area contributed by atoms with Gasteiger partial charge in [0.25, 0.3) is 0 Å². The van der Waals surface area contributed by atoms with Crippen LogP contribution in [0.1, 0.15) is 35.2 Å². The number of carbonyl (C=O) groups is 1. The first kappa shape index (κ1) is 15.9. The maximum atomic E-state index is 11.2. The second-order valence-corrected chi connectivity index (χ2v) is 5.80. The van der Waals surface area contributed by atoms with E-state index in [0.717, 1.165) is 38.3 Å². The molecule has 1 unspecified atom stereocenters. The van der Waals surface area contributed by atoms with E-state index >= 15 is 0 Å². The summed E-state index contributed by atoms with van der Waals surface area (Å²) in [6.07, 6.45) is 3.78. The molecule has 0 aliphatic carbocycles. The van der Waals surface area contributed by atoms with Crippen molar-refractivity contribution in [2.45, 2.75) is 32.2 Å². The van der Waals surface area contributed by atoms with Gasteiger partial charge in [-0.25, -0.2) is 14.8 Å². The molecule has 116 valence electrons. The molecule has 0 saturated carbocycles. The van der Waals surface area contributed by atoms with Crippen LogP contribution in [0.25, 0.3) is 0 Å². The van der Waals surface area contributed by atoms with Crippen molar-refractivity contribution in [1.82, 2.24) is 19.8 Å². The molecule has 1 aromatic rings. The van der Waals surface area contributed by atoms with E-state index < -0.39 is 5.97 Å². The number of rotatable bonds is 5. The van der Waals surface area contributed by atoms with E-state index in [1.54, 1.807) is 0 Å². The summed E-state index contributed by atoms with van der Waals surface area (Å²) in [6, 6.07) is 0.383. The molecule has 0 spiro atoms. The standard InChI is InChI=1S/C15H24N4O2/c1-4-5-13-12(15(20)21)9-16-14(17-13)8-11-10-18(2)6-7-19(11)3/h9,11H,4-8,10H2,1-3H3,(H,20,21). The van der Waals surface area contributed by atoms with Crippen LogP contribution in [0.15, 0.2) is 6.20 Å². The van der Waals surface area contributed by atoms with Gasteiger partial charge < -0.3 is 14.9 Å². The minimum atomic E-state index is -0.945. The molecule has 1 fully saturated rings. The van der Waals surface area contributed by atoms with E-state index in [1.165, 1.54) is 6.20 Å². The Morgan fingerprint density at radius 3 is 2.86 bits per heavy atom. The molecule has 2 rings (SSSR count). The van der Waals surface area contributed by atoms with Crippen molar-refractivity contribution in [2.75, 3.05) is 33.7 Å². The highest BCUT2D eigenvalue weighted by Gasteiger charge is 2.24. The summed E-state index contributed by atoms with van der Waals surface area (Å²) < 4.78 is 0. The van der Waals surface area contributed by atoms with Gasteiger partial charge in [-0.15, -0.1) is 0 Å². The van der Waals surface area contributed by atoms with E-state index in [2.05, 4.69) is 33.9 Å². The third kappa shape index (κ3) is 3.98. The van der Waals surface area contributed by atoms with Crippen molar-refractivity contribution < 1.29 is 9.90 Å². The molecule has 2 heterocycles. The van der Waals surface area contributed by atoms with Crippen LogP contribution in [-0.4, -0.2) is 70.6 Å². The predicted molar refractivity (Wildman–Crippen MR) is 80.6 cm³/mol. The zero-order chi connectivity index (χ0) is 15.4. The second-order valence-electron chi connectivity index (χ2n) is 5.80. The number of hydrogen-bond donors (Lipinski definition) is 1. The van der Waals surface area contributed by atoms with Crippen LogP contribution in [0.2, 0.25) is 0 Å². The highest BCUT2D eigenvalue weighted by Crippen LogP contribution is 2.13.